The Kier molecular flexibility index (Phi) is 4.94. The monoisotopic (exact) mass is 366 g/mol. The molecule has 0 radical (unpaired) electrons. The Bertz CT molecular complexity index is 997. The molecule has 0 spiro atoms. The number of hydrogen-bond donors (Lipinski definition) is 1. The number of rotatable bonds is 4. The Morgan fingerprint density at radius 2 is 2.11 bits per heavy atom. The molecule has 1 unspecified atom stereocenters. The van der Waals surface area contributed by atoms with Crippen LogP contribution in [0.1, 0.15) is 31.2 Å². The fourth-order valence-corrected chi connectivity index (χ4v) is 3.02. The predicted octanol–water partition coefficient (Wildman–Crippen LogP) is 2.69. The fraction of sp³-hybridized carbons (Fsp3) is 0.263. The maximum absolute atomic E-state index is 12.6. The molecule has 0 saturated heterocycles. The van der Waals surface area contributed by atoms with E-state index >= 15 is 0 Å². The number of carbonyl (C=O) groups excluding carboxylic acids is 1. The molecule has 0 aliphatic carbocycles. The molecule has 0 bridgehead atoms. The number of aryl methyl sites for hydroxylation is 1. The maximum Gasteiger partial charge on any atom is 0.338 e. The lowest BCUT2D eigenvalue weighted by Crippen LogP contribution is -2.26. The standard InChI is InChI=1S/C19H18N4O4/c1-4-25-19(24)15-10(2)26-17(21)14(9-20)16(15)12-7-5-6-8-13(12)18-22-11(3)23-27-18/h5-8,16H,4,21H2,1-3H3. The van der Waals surface area contributed by atoms with E-state index in [-0.39, 0.29) is 35.3 Å². The van der Waals surface area contributed by atoms with E-state index in [9.17, 15) is 10.1 Å². The van der Waals surface area contributed by atoms with Crippen molar-refractivity contribution in [2.24, 2.45) is 5.73 Å². The van der Waals surface area contributed by atoms with Crippen molar-refractivity contribution < 1.29 is 18.8 Å². The van der Waals surface area contributed by atoms with Crippen LogP contribution in [-0.4, -0.2) is 22.7 Å². The van der Waals surface area contributed by atoms with Gasteiger partial charge in [-0.2, -0.15) is 10.2 Å². The summed E-state index contributed by atoms with van der Waals surface area (Å²) in [5.74, 6) is -0.356. The first-order valence-corrected chi connectivity index (χ1v) is 8.33. The van der Waals surface area contributed by atoms with E-state index in [1.165, 1.54) is 0 Å². The van der Waals surface area contributed by atoms with E-state index in [4.69, 9.17) is 19.7 Å². The van der Waals surface area contributed by atoms with Crippen molar-refractivity contribution in [1.82, 2.24) is 10.1 Å². The molecule has 3 rings (SSSR count). The lowest BCUT2D eigenvalue weighted by Gasteiger charge is -2.27. The maximum atomic E-state index is 12.6. The van der Waals surface area contributed by atoms with Crippen molar-refractivity contribution in [2.45, 2.75) is 26.7 Å². The molecule has 1 atom stereocenters. The number of nitrogens with two attached hydrogens (primary N) is 1. The van der Waals surface area contributed by atoms with Crippen molar-refractivity contribution in [3.05, 3.63) is 58.4 Å². The van der Waals surface area contributed by atoms with Crippen LogP contribution in [0, 0.1) is 18.3 Å². The number of ether oxygens (including phenoxy) is 2. The number of esters is 1. The van der Waals surface area contributed by atoms with Gasteiger partial charge in [0.25, 0.3) is 5.89 Å². The number of benzene rings is 1. The van der Waals surface area contributed by atoms with Crippen LogP contribution < -0.4 is 5.73 Å². The highest BCUT2D eigenvalue weighted by atomic mass is 16.5. The van der Waals surface area contributed by atoms with Crippen molar-refractivity contribution in [3.63, 3.8) is 0 Å². The molecule has 0 fully saturated rings. The fourth-order valence-electron chi connectivity index (χ4n) is 3.02. The summed E-state index contributed by atoms with van der Waals surface area (Å²) in [6.07, 6.45) is 0. The van der Waals surface area contributed by atoms with Crippen molar-refractivity contribution >= 4 is 5.97 Å². The first-order valence-electron chi connectivity index (χ1n) is 8.33. The van der Waals surface area contributed by atoms with Crippen LogP contribution in [0.25, 0.3) is 11.5 Å². The predicted molar refractivity (Wildman–Crippen MR) is 94.5 cm³/mol. The minimum absolute atomic E-state index is 0.0513. The summed E-state index contributed by atoms with van der Waals surface area (Å²) < 4.78 is 15.9. The molecule has 8 nitrogen and oxygen atoms in total. The molecule has 0 amide bonds. The largest absolute Gasteiger partial charge is 0.463 e. The highest BCUT2D eigenvalue weighted by Crippen LogP contribution is 2.42. The summed E-state index contributed by atoms with van der Waals surface area (Å²) in [7, 11) is 0. The van der Waals surface area contributed by atoms with Gasteiger partial charge in [0.2, 0.25) is 5.88 Å². The van der Waals surface area contributed by atoms with Crippen LogP contribution in [0.4, 0.5) is 0 Å². The molecular weight excluding hydrogens is 348 g/mol. The Labute approximate surface area is 155 Å². The number of aromatic nitrogens is 2. The Hall–Kier alpha value is -3.60. The van der Waals surface area contributed by atoms with Crippen LogP contribution in [0.15, 0.2) is 51.6 Å². The van der Waals surface area contributed by atoms with Gasteiger partial charge in [-0.1, -0.05) is 23.4 Å². The zero-order chi connectivity index (χ0) is 19.6. The number of allylic oxidation sites excluding steroid dienone is 2. The molecule has 2 N–H and O–H groups in total. The second-order valence-electron chi connectivity index (χ2n) is 5.85. The zero-order valence-corrected chi connectivity index (χ0v) is 15.1. The molecule has 8 heteroatoms. The SMILES string of the molecule is CCOC(=O)C1=C(C)OC(N)=C(C#N)C1c1ccccc1-c1nc(C)no1. The summed E-state index contributed by atoms with van der Waals surface area (Å²) in [4.78, 5) is 16.9. The minimum Gasteiger partial charge on any atom is -0.463 e. The highest BCUT2D eigenvalue weighted by molar-refractivity contribution is 5.93. The molecule has 27 heavy (non-hydrogen) atoms. The lowest BCUT2D eigenvalue weighted by molar-refractivity contribution is -0.139. The van der Waals surface area contributed by atoms with Gasteiger partial charge in [-0.25, -0.2) is 4.79 Å². The Morgan fingerprint density at radius 1 is 1.37 bits per heavy atom. The number of carbonyl (C=O) groups is 1. The van der Waals surface area contributed by atoms with E-state index < -0.39 is 11.9 Å². The molecule has 1 aliphatic rings. The lowest BCUT2D eigenvalue weighted by atomic mass is 9.81. The minimum atomic E-state index is -0.772. The molecule has 1 aliphatic heterocycles. The van der Waals surface area contributed by atoms with Crippen LogP contribution in [0.2, 0.25) is 0 Å². The van der Waals surface area contributed by atoms with Crippen molar-refractivity contribution in [2.75, 3.05) is 6.61 Å². The van der Waals surface area contributed by atoms with Gasteiger partial charge >= 0.3 is 5.97 Å². The van der Waals surface area contributed by atoms with E-state index in [2.05, 4.69) is 16.2 Å². The topological polar surface area (TPSA) is 124 Å². The van der Waals surface area contributed by atoms with Crippen molar-refractivity contribution in [3.8, 4) is 17.5 Å². The summed E-state index contributed by atoms with van der Waals surface area (Å²) in [5.41, 5.74) is 7.48. The van der Waals surface area contributed by atoms with Gasteiger partial charge in [0.15, 0.2) is 5.82 Å². The molecule has 2 heterocycles. The van der Waals surface area contributed by atoms with Crippen LogP contribution in [0.3, 0.4) is 0 Å². The molecule has 1 aromatic carbocycles. The van der Waals surface area contributed by atoms with Gasteiger partial charge in [-0.3, -0.25) is 0 Å². The summed E-state index contributed by atoms with van der Waals surface area (Å²) >= 11 is 0. The highest BCUT2D eigenvalue weighted by Gasteiger charge is 2.38. The third-order valence-corrected chi connectivity index (χ3v) is 4.13. The molecule has 138 valence electrons. The number of nitriles is 1. The number of hydrogen-bond acceptors (Lipinski definition) is 8. The van der Waals surface area contributed by atoms with E-state index in [0.717, 1.165) is 0 Å². The molecule has 2 aromatic rings. The molecular formula is C19H18N4O4. The van der Waals surface area contributed by atoms with Crippen LogP contribution >= 0.6 is 0 Å². The van der Waals surface area contributed by atoms with Crippen LogP contribution in [0.5, 0.6) is 0 Å². The number of nitrogens with zero attached hydrogens (tertiary/aromatic N) is 3. The smallest absolute Gasteiger partial charge is 0.338 e. The first-order chi connectivity index (χ1) is 13.0. The van der Waals surface area contributed by atoms with E-state index in [0.29, 0.717) is 17.0 Å². The van der Waals surface area contributed by atoms with Gasteiger partial charge in [0.05, 0.1) is 18.1 Å². The zero-order valence-electron chi connectivity index (χ0n) is 15.1. The second-order valence-corrected chi connectivity index (χ2v) is 5.85. The quantitative estimate of drug-likeness (QED) is 0.819. The third kappa shape index (κ3) is 3.27. The molecule has 1 aromatic heterocycles. The van der Waals surface area contributed by atoms with Crippen LogP contribution in [-0.2, 0) is 14.3 Å². The summed E-state index contributed by atoms with van der Waals surface area (Å²) in [5, 5.41) is 13.5. The van der Waals surface area contributed by atoms with Gasteiger partial charge in [-0.15, -0.1) is 0 Å². The summed E-state index contributed by atoms with van der Waals surface area (Å²) in [6.45, 7) is 5.21. The normalized spacial score (nSPS) is 16.7. The Morgan fingerprint density at radius 3 is 2.74 bits per heavy atom. The van der Waals surface area contributed by atoms with E-state index in [1.54, 1.807) is 45.0 Å². The third-order valence-electron chi connectivity index (χ3n) is 4.13. The summed E-state index contributed by atoms with van der Waals surface area (Å²) in [6, 6.07) is 9.21. The van der Waals surface area contributed by atoms with E-state index in [1.807, 2.05) is 0 Å². The molecule has 0 saturated carbocycles. The van der Waals surface area contributed by atoms with Gasteiger partial charge in [0, 0.05) is 5.56 Å². The van der Waals surface area contributed by atoms with Gasteiger partial charge < -0.3 is 19.7 Å². The van der Waals surface area contributed by atoms with Gasteiger partial charge in [-0.05, 0) is 32.4 Å². The average Bonchev–Trinajstić information content (AvgIpc) is 3.07. The second kappa shape index (κ2) is 7.33. The average molecular weight is 366 g/mol. The first kappa shape index (κ1) is 18.2. The Balaban J connectivity index is 2.24. The van der Waals surface area contributed by atoms with Crippen molar-refractivity contribution in [1.29, 1.82) is 5.26 Å². The van der Waals surface area contributed by atoms with Gasteiger partial charge in [0.1, 0.15) is 17.4 Å².